The lowest BCUT2D eigenvalue weighted by Crippen LogP contribution is -2.40. The lowest BCUT2D eigenvalue weighted by atomic mass is 9.95. The fourth-order valence-electron chi connectivity index (χ4n) is 2.60. The van der Waals surface area contributed by atoms with E-state index in [1.807, 2.05) is 11.8 Å². The summed E-state index contributed by atoms with van der Waals surface area (Å²) in [5.41, 5.74) is 0.410. The van der Waals surface area contributed by atoms with Crippen LogP contribution in [0.3, 0.4) is 0 Å². The molecule has 0 saturated carbocycles. The van der Waals surface area contributed by atoms with Crippen molar-refractivity contribution < 1.29 is 18.7 Å². The number of piperidine rings is 1. The summed E-state index contributed by atoms with van der Waals surface area (Å²) in [5.74, 6) is -2.39. The minimum absolute atomic E-state index is 0.247. The Morgan fingerprint density at radius 3 is 2.84 bits per heavy atom. The van der Waals surface area contributed by atoms with Crippen LogP contribution in [0.4, 0.5) is 8.78 Å². The first-order valence-corrected chi connectivity index (χ1v) is 6.41. The summed E-state index contributed by atoms with van der Waals surface area (Å²) in [6.45, 7) is 2.97. The van der Waals surface area contributed by atoms with Crippen LogP contribution in [0.1, 0.15) is 31.4 Å². The molecule has 1 aromatic carbocycles. The van der Waals surface area contributed by atoms with E-state index in [-0.39, 0.29) is 6.04 Å². The van der Waals surface area contributed by atoms with Crippen molar-refractivity contribution in [1.29, 1.82) is 0 Å². The number of carbonyl (C=O) groups is 1. The molecule has 1 heterocycles. The molecule has 1 N–H and O–H groups in total. The van der Waals surface area contributed by atoms with Crippen LogP contribution in [0.25, 0.3) is 0 Å². The standard InChI is InChI=1S/C14H17F2NO2/c1-9(12-5-4-11(15)7-13(12)16)17-6-2-3-10(8-17)14(18)19/h4-5,7,9-10H,2-3,6,8H2,1H3,(H,18,19). The molecule has 104 valence electrons. The number of nitrogens with zero attached hydrogens (tertiary/aromatic N) is 1. The Bertz CT molecular complexity index is 479. The number of hydrogen-bond acceptors (Lipinski definition) is 2. The molecule has 19 heavy (non-hydrogen) atoms. The minimum atomic E-state index is -0.809. The minimum Gasteiger partial charge on any atom is -0.481 e. The molecule has 0 bridgehead atoms. The molecule has 1 aliphatic rings. The van der Waals surface area contributed by atoms with Crippen molar-refractivity contribution in [1.82, 2.24) is 4.90 Å². The predicted molar refractivity (Wildman–Crippen MR) is 66.7 cm³/mol. The van der Waals surface area contributed by atoms with Crippen molar-refractivity contribution in [3.8, 4) is 0 Å². The van der Waals surface area contributed by atoms with Gasteiger partial charge in [-0.2, -0.15) is 0 Å². The second kappa shape index (κ2) is 5.65. The Morgan fingerprint density at radius 2 is 2.21 bits per heavy atom. The van der Waals surface area contributed by atoms with Crippen molar-refractivity contribution >= 4 is 5.97 Å². The highest BCUT2D eigenvalue weighted by Gasteiger charge is 2.29. The zero-order chi connectivity index (χ0) is 14.0. The van der Waals surface area contributed by atoms with E-state index >= 15 is 0 Å². The Kier molecular flexibility index (Phi) is 4.14. The smallest absolute Gasteiger partial charge is 0.307 e. The first kappa shape index (κ1) is 13.9. The Balaban J connectivity index is 2.14. The van der Waals surface area contributed by atoms with Gasteiger partial charge in [0.1, 0.15) is 11.6 Å². The van der Waals surface area contributed by atoms with E-state index in [0.717, 1.165) is 19.0 Å². The normalized spacial score (nSPS) is 22.2. The number of halogens is 2. The van der Waals surface area contributed by atoms with Gasteiger partial charge in [-0.3, -0.25) is 9.69 Å². The van der Waals surface area contributed by atoms with E-state index < -0.39 is 23.5 Å². The number of carboxylic acid groups (broad SMARTS) is 1. The van der Waals surface area contributed by atoms with Crippen LogP contribution in [-0.2, 0) is 4.79 Å². The van der Waals surface area contributed by atoms with Crippen LogP contribution < -0.4 is 0 Å². The zero-order valence-electron chi connectivity index (χ0n) is 10.8. The fourth-order valence-corrected chi connectivity index (χ4v) is 2.60. The third kappa shape index (κ3) is 3.10. The maximum Gasteiger partial charge on any atom is 0.307 e. The number of benzene rings is 1. The molecular weight excluding hydrogens is 252 g/mol. The molecule has 1 aliphatic heterocycles. The van der Waals surface area contributed by atoms with Crippen molar-refractivity contribution in [2.75, 3.05) is 13.1 Å². The van der Waals surface area contributed by atoms with Crippen LogP contribution in [0.15, 0.2) is 18.2 Å². The zero-order valence-corrected chi connectivity index (χ0v) is 10.8. The summed E-state index contributed by atoms with van der Waals surface area (Å²) in [6, 6.07) is 3.28. The topological polar surface area (TPSA) is 40.5 Å². The van der Waals surface area contributed by atoms with Gasteiger partial charge in [0, 0.05) is 24.2 Å². The maximum atomic E-state index is 13.7. The van der Waals surface area contributed by atoms with Gasteiger partial charge < -0.3 is 5.11 Å². The summed E-state index contributed by atoms with van der Waals surface area (Å²) < 4.78 is 26.6. The average Bonchev–Trinajstić information content (AvgIpc) is 2.38. The molecule has 0 aromatic heterocycles. The van der Waals surface area contributed by atoms with Gasteiger partial charge in [-0.25, -0.2) is 8.78 Å². The van der Waals surface area contributed by atoms with E-state index in [2.05, 4.69) is 0 Å². The van der Waals surface area contributed by atoms with Gasteiger partial charge in [-0.05, 0) is 32.4 Å². The van der Waals surface area contributed by atoms with Gasteiger partial charge in [0.05, 0.1) is 5.92 Å². The Labute approximate surface area is 110 Å². The predicted octanol–water partition coefficient (Wildman–Crippen LogP) is 2.82. The Hall–Kier alpha value is -1.49. The Morgan fingerprint density at radius 1 is 1.47 bits per heavy atom. The molecule has 2 unspecified atom stereocenters. The third-order valence-electron chi connectivity index (χ3n) is 3.76. The molecule has 0 radical (unpaired) electrons. The molecule has 2 rings (SSSR count). The molecule has 3 nitrogen and oxygen atoms in total. The number of hydrogen-bond donors (Lipinski definition) is 1. The number of likely N-dealkylation sites (tertiary alicyclic amines) is 1. The number of rotatable bonds is 3. The van der Waals surface area contributed by atoms with Gasteiger partial charge in [0.2, 0.25) is 0 Å². The molecule has 5 heteroatoms. The van der Waals surface area contributed by atoms with Gasteiger partial charge in [0.25, 0.3) is 0 Å². The van der Waals surface area contributed by atoms with E-state index in [1.165, 1.54) is 12.1 Å². The van der Waals surface area contributed by atoms with Crippen LogP contribution in [0.2, 0.25) is 0 Å². The van der Waals surface area contributed by atoms with E-state index in [9.17, 15) is 13.6 Å². The molecule has 1 saturated heterocycles. The highest BCUT2D eigenvalue weighted by atomic mass is 19.1. The molecule has 0 aliphatic carbocycles. The van der Waals surface area contributed by atoms with Crippen LogP contribution >= 0.6 is 0 Å². The average molecular weight is 269 g/mol. The summed E-state index contributed by atoms with van der Waals surface area (Å²) in [7, 11) is 0. The maximum absolute atomic E-state index is 13.7. The SMILES string of the molecule is CC(c1ccc(F)cc1F)N1CCCC(C(=O)O)C1. The first-order chi connectivity index (χ1) is 8.99. The molecule has 1 fully saturated rings. The first-order valence-electron chi connectivity index (χ1n) is 6.41. The summed E-state index contributed by atoms with van der Waals surface area (Å²) in [4.78, 5) is 13.0. The second-order valence-corrected chi connectivity index (χ2v) is 5.01. The number of carboxylic acids is 1. The molecule has 1 aromatic rings. The number of aliphatic carboxylic acids is 1. The van der Waals surface area contributed by atoms with Crippen molar-refractivity contribution in [2.24, 2.45) is 5.92 Å². The lowest BCUT2D eigenvalue weighted by molar-refractivity contribution is -0.143. The lowest BCUT2D eigenvalue weighted by Gasteiger charge is -2.35. The third-order valence-corrected chi connectivity index (χ3v) is 3.76. The van der Waals surface area contributed by atoms with Gasteiger partial charge in [-0.15, -0.1) is 0 Å². The summed E-state index contributed by atoms with van der Waals surface area (Å²) in [6.07, 6.45) is 1.44. The van der Waals surface area contributed by atoms with E-state index in [4.69, 9.17) is 5.11 Å². The summed E-state index contributed by atoms with van der Waals surface area (Å²) >= 11 is 0. The van der Waals surface area contributed by atoms with Crippen LogP contribution in [0.5, 0.6) is 0 Å². The van der Waals surface area contributed by atoms with E-state index in [0.29, 0.717) is 18.5 Å². The highest BCUT2D eigenvalue weighted by Crippen LogP contribution is 2.28. The highest BCUT2D eigenvalue weighted by molar-refractivity contribution is 5.70. The van der Waals surface area contributed by atoms with Crippen molar-refractivity contribution in [3.63, 3.8) is 0 Å². The van der Waals surface area contributed by atoms with Crippen LogP contribution in [-0.4, -0.2) is 29.1 Å². The van der Waals surface area contributed by atoms with Crippen molar-refractivity contribution in [3.05, 3.63) is 35.4 Å². The van der Waals surface area contributed by atoms with Crippen molar-refractivity contribution in [2.45, 2.75) is 25.8 Å². The monoisotopic (exact) mass is 269 g/mol. The largest absolute Gasteiger partial charge is 0.481 e. The van der Waals surface area contributed by atoms with Crippen LogP contribution in [0, 0.1) is 17.6 Å². The molecule has 2 atom stereocenters. The van der Waals surface area contributed by atoms with Gasteiger partial charge in [0.15, 0.2) is 0 Å². The molecule has 0 amide bonds. The second-order valence-electron chi connectivity index (χ2n) is 5.01. The molecular formula is C14H17F2NO2. The fraction of sp³-hybridized carbons (Fsp3) is 0.500. The van der Waals surface area contributed by atoms with Gasteiger partial charge >= 0.3 is 5.97 Å². The quantitative estimate of drug-likeness (QED) is 0.917. The van der Waals surface area contributed by atoms with E-state index in [1.54, 1.807) is 0 Å². The molecule has 0 spiro atoms. The van der Waals surface area contributed by atoms with Gasteiger partial charge in [-0.1, -0.05) is 6.07 Å². The summed E-state index contributed by atoms with van der Waals surface area (Å²) in [5, 5.41) is 9.05.